The molecule has 2 aromatic rings. The van der Waals surface area contributed by atoms with Crippen LogP contribution in [0.25, 0.3) is 6.08 Å². The lowest BCUT2D eigenvalue weighted by atomic mass is 10.2. The lowest BCUT2D eigenvalue weighted by Gasteiger charge is -2.15. The highest BCUT2D eigenvalue weighted by Crippen LogP contribution is 2.32. The Morgan fingerprint density at radius 1 is 1.20 bits per heavy atom. The number of carbonyl (C=O) groups excluding carboxylic acids is 2. The molecule has 156 valence electrons. The Morgan fingerprint density at radius 2 is 1.97 bits per heavy atom. The van der Waals surface area contributed by atoms with E-state index in [1.807, 2.05) is 55.5 Å². The Kier molecular flexibility index (Phi) is 7.48. The number of benzene rings is 2. The summed E-state index contributed by atoms with van der Waals surface area (Å²) in [7, 11) is 1.60. The number of methoxy groups -OCH3 is 1. The first-order valence-electron chi connectivity index (χ1n) is 9.32. The fraction of sp³-hybridized carbons (Fsp3) is 0.227. The van der Waals surface area contributed by atoms with Crippen molar-refractivity contribution in [2.45, 2.75) is 6.92 Å². The molecule has 0 radical (unpaired) electrons. The molecule has 2 aromatic carbocycles. The minimum Gasteiger partial charge on any atom is -0.497 e. The Balaban J connectivity index is 1.48. The van der Waals surface area contributed by atoms with Crippen molar-refractivity contribution in [2.75, 3.05) is 26.8 Å². The van der Waals surface area contributed by atoms with E-state index >= 15 is 0 Å². The number of aryl methyl sites for hydroxylation is 1. The van der Waals surface area contributed by atoms with Gasteiger partial charge < -0.3 is 14.8 Å². The van der Waals surface area contributed by atoms with Crippen molar-refractivity contribution in [2.24, 2.45) is 0 Å². The van der Waals surface area contributed by atoms with Gasteiger partial charge in [-0.1, -0.05) is 53.8 Å². The van der Waals surface area contributed by atoms with Gasteiger partial charge in [-0.05, 0) is 42.8 Å². The molecule has 0 spiro atoms. The standard InChI is InChI=1S/C22H22N2O4S2/c1-15-6-8-17(9-7-15)28-14-20(25)23-10-11-24-21(26)19(30-22(24)29)13-16-4-3-5-18(12-16)27-2/h3-9,12-13H,10-11,14H2,1-2H3,(H,23,25)/b19-13+. The summed E-state index contributed by atoms with van der Waals surface area (Å²) in [5.74, 6) is 0.927. The molecule has 0 atom stereocenters. The normalized spacial score (nSPS) is 14.9. The quantitative estimate of drug-likeness (QED) is 0.499. The van der Waals surface area contributed by atoms with Crippen LogP contribution in [0.1, 0.15) is 11.1 Å². The number of hydrogen-bond donors (Lipinski definition) is 1. The zero-order valence-corrected chi connectivity index (χ0v) is 18.3. The third-order valence-corrected chi connectivity index (χ3v) is 5.69. The molecule has 8 heteroatoms. The largest absolute Gasteiger partial charge is 0.497 e. The van der Waals surface area contributed by atoms with Crippen molar-refractivity contribution in [1.82, 2.24) is 10.2 Å². The number of amides is 2. The summed E-state index contributed by atoms with van der Waals surface area (Å²) in [6.45, 7) is 2.48. The van der Waals surface area contributed by atoms with Crippen LogP contribution in [0.2, 0.25) is 0 Å². The number of rotatable bonds is 8. The molecule has 1 saturated heterocycles. The number of nitrogens with one attached hydrogen (secondary N) is 1. The Bertz CT molecular complexity index is 973. The van der Waals surface area contributed by atoms with Crippen LogP contribution in [0.5, 0.6) is 11.5 Å². The first-order valence-corrected chi connectivity index (χ1v) is 10.5. The lowest BCUT2D eigenvalue weighted by molar-refractivity contribution is -0.124. The maximum absolute atomic E-state index is 12.7. The third-order valence-electron chi connectivity index (χ3n) is 4.31. The van der Waals surface area contributed by atoms with Crippen molar-refractivity contribution in [3.05, 3.63) is 64.6 Å². The number of nitrogens with zero attached hydrogens (tertiary/aromatic N) is 1. The number of carbonyl (C=O) groups is 2. The summed E-state index contributed by atoms with van der Waals surface area (Å²) in [4.78, 5) is 26.7. The molecule has 30 heavy (non-hydrogen) atoms. The highest BCUT2D eigenvalue weighted by atomic mass is 32.2. The Labute approximate surface area is 185 Å². The highest BCUT2D eigenvalue weighted by Gasteiger charge is 2.31. The molecule has 1 aliphatic heterocycles. The van der Waals surface area contributed by atoms with E-state index in [1.54, 1.807) is 13.2 Å². The van der Waals surface area contributed by atoms with Crippen LogP contribution in [-0.4, -0.2) is 47.8 Å². The first kappa shape index (κ1) is 21.9. The van der Waals surface area contributed by atoms with Crippen LogP contribution >= 0.6 is 24.0 Å². The van der Waals surface area contributed by atoms with E-state index < -0.39 is 0 Å². The molecule has 3 rings (SSSR count). The predicted octanol–water partition coefficient (Wildman–Crippen LogP) is 3.40. The van der Waals surface area contributed by atoms with Gasteiger partial charge >= 0.3 is 0 Å². The van der Waals surface area contributed by atoms with Gasteiger partial charge in [0.25, 0.3) is 11.8 Å². The highest BCUT2D eigenvalue weighted by molar-refractivity contribution is 8.26. The second-order valence-corrected chi connectivity index (χ2v) is 8.24. The predicted molar refractivity (Wildman–Crippen MR) is 123 cm³/mol. The van der Waals surface area contributed by atoms with Crippen molar-refractivity contribution >= 4 is 46.2 Å². The van der Waals surface area contributed by atoms with Gasteiger partial charge in [0.05, 0.1) is 12.0 Å². The molecule has 0 saturated carbocycles. The van der Waals surface area contributed by atoms with E-state index in [0.717, 1.165) is 16.9 Å². The smallest absolute Gasteiger partial charge is 0.266 e. The van der Waals surface area contributed by atoms with Crippen LogP contribution in [0.3, 0.4) is 0 Å². The van der Waals surface area contributed by atoms with E-state index in [-0.39, 0.29) is 25.0 Å². The van der Waals surface area contributed by atoms with Gasteiger partial charge in [0, 0.05) is 13.1 Å². The zero-order chi connectivity index (χ0) is 21.5. The van der Waals surface area contributed by atoms with E-state index in [4.69, 9.17) is 21.7 Å². The van der Waals surface area contributed by atoms with Gasteiger partial charge in [-0.2, -0.15) is 0 Å². The topological polar surface area (TPSA) is 67.9 Å². The Morgan fingerprint density at radius 3 is 2.70 bits per heavy atom. The summed E-state index contributed by atoms with van der Waals surface area (Å²) >= 11 is 6.58. The molecular weight excluding hydrogens is 420 g/mol. The van der Waals surface area contributed by atoms with Crippen LogP contribution < -0.4 is 14.8 Å². The lowest BCUT2D eigenvalue weighted by Crippen LogP contribution is -2.38. The van der Waals surface area contributed by atoms with Gasteiger partial charge in [-0.3, -0.25) is 14.5 Å². The minimum atomic E-state index is -0.257. The second-order valence-electron chi connectivity index (χ2n) is 6.56. The number of thioether (sulfide) groups is 1. The summed E-state index contributed by atoms with van der Waals surface area (Å²) in [5.41, 5.74) is 1.98. The maximum atomic E-state index is 12.7. The van der Waals surface area contributed by atoms with Gasteiger partial charge in [0.15, 0.2) is 6.61 Å². The van der Waals surface area contributed by atoms with Gasteiger partial charge in [0.1, 0.15) is 15.8 Å². The summed E-state index contributed by atoms with van der Waals surface area (Å²) < 4.78 is 11.1. The van der Waals surface area contributed by atoms with Crippen LogP contribution in [0, 0.1) is 6.92 Å². The summed E-state index contributed by atoms with van der Waals surface area (Å²) in [5, 5.41) is 2.75. The molecule has 0 aliphatic carbocycles. The molecule has 1 aliphatic rings. The number of thiocarbonyl (C=S) groups is 1. The average Bonchev–Trinajstić information content (AvgIpc) is 3.00. The number of ether oxygens (including phenoxy) is 2. The molecule has 6 nitrogen and oxygen atoms in total. The van der Waals surface area contributed by atoms with E-state index in [9.17, 15) is 9.59 Å². The van der Waals surface area contributed by atoms with Crippen molar-refractivity contribution < 1.29 is 19.1 Å². The summed E-state index contributed by atoms with van der Waals surface area (Å²) in [6.07, 6.45) is 1.79. The average molecular weight is 443 g/mol. The van der Waals surface area contributed by atoms with Gasteiger partial charge in [0.2, 0.25) is 0 Å². The first-order chi connectivity index (χ1) is 14.5. The number of hydrogen-bond acceptors (Lipinski definition) is 6. The molecule has 1 fully saturated rings. The van der Waals surface area contributed by atoms with Crippen LogP contribution in [-0.2, 0) is 9.59 Å². The minimum absolute atomic E-state index is 0.0861. The molecule has 0 aromatic heterocycles. The monoisotopic (exact) mass is 442 g/mol. The zero-order valence-electron chi connectivity index (χ0n) is 16.7. The van der Waals surface area contributed by atoms with Crippen molar-refractivity contribution in [3.8, 4) is 11.5 Å². The van der Waals surface area contributed by atoms with Crippen LogP contribution in [0.4, 0.5) is 0 Å². The maximum Gasteiger partial charge on any atom is 0.266 e. The third kappa shape index (κ3) is 5.84. The van der Waals surface area contributed by atoms with Gasteiger partial charge in [-0.15, -0.1) is 0 Å². The molecule has 1 heterocycles. The van der Waals surface area contributed by atoms with Crippen molar-refractivity contribution in [1.29, 1.82) is 0 Å². The molecule has 1 N–H and O–H groups in total. The van der Waals surface area contributed by atoms with E-state index in [2.05, 4.69) is 5.32 Å². The van der Waals surface area contributed by atoms with E-state index in [1.165, 1.54) is 16.7 Å². The summed E-state index contributed by atoms with van der Waals surface area (Å²) in [6, 6.07) is 14.9. The van der Waals surface area contributed by atoms with Gasteiger partial charge in [-0.25, -0.2) is 0 Å². The molecule has 0 unspecified atom stereocenters. The molecule has 0 bridgehead atoms. The molecule has 2 amide bonds. The van der Waals surface area contributed by atoms with E-state index in [0.29, 0.717) is 21.5 Å². The molecular formula is C22H22N2O4S2. The Hall–Kier alpha value is -2.84. The second kappa shape index (κ2) is 10.3. The SMILES string of the molecule is COc1cccc(/C=C2/SC(=S)N(CCNC(=O)COc3ccc(C)cc3)C2=O)c1. The van der Waals surface area contributed by atoms with Crippen LogP contribution in [0.15, 0.2) is 53.4 Å². The fourth-order valence-corrected chi connectivity index (χ4v) is 4.03. The fourth-order valence-electron chi connectivity index (χ4n) is 2.72. The van der Waals surface area contributed by atoms with Crippen molar-refractivity contribution in [3.63, 3.8) is 0 Å².